The number of amides is 2. The van der Waals surface area contributed by atoms with E-state index in [1.54, 1.807) is 12.4 Å². The Hall–Kier alpha value is -4.00. The molecule has 4 aromatic rings. The predicted molar refractivity (Wildman–Crippen MR) is 136 cm³/mol. The molecule has 2 aromatic heterocycles. The molecule has 0 aliphatic carbocycles. The quantitative estimate of drug-likeness (QED) is 0.462. The zero-order valence-corrected chi connectivity index (χ0v) is 19.5. The highest BCUT2D eigenvalue weighted by molar-refractivity contribution is 5.92. The zero-order valence-electron chi connectivity index (χ0n) is 19.5. The Morgan fingerprint density at radius 3 is 2.38 bits per heavy atom. The Balaban J connectivity index is 1.31. The highest BCUT2D eigenvalue weighted by Gasteiger charge is 2.24. The molecule has 5 rings (SSSR count). The Kier molecular flexibility index (Phi) is 6.08. The molecule has 2 aromatic carbocycles. The number of para-hydroxylation sites is 1. The number of carbonyl (C=O) groups is 1. The van der Waals surface area contributed by atoms with Crippen molar-refractivity contribution < 1.29 is 4.79 Å². The average molecular weight is 453 g/mol. The van der Waals surface area contributed by atoms with Gasteiger partial charge in [-0.25, -0.2) is 14.8 Å². The van der Waals surface area contributed by atoms with Crippen LogP contribution in [0.3, 0.4) is 0 Å². The molecule has 1 aliphatic heterocycles. The van der Waals surface area contributed by atoms with Gasteiger partial charge in [0.15, 0.2) is 5.82 Å². The number of aromatic nitrogens is 3. The van der Waals surface area contributed by atoms with Crippen molar-refractivity contribution >= 4 is 28.4 Å². The second kappa shape index (κ2) is 9.47. The number of anilines is 2. The van der Waals surface area contributed by atoms with Crippen LogP contribution in [0.2, 0.25) is 0 Å². The number of benzene rings is 2. The van der Waals surface area contributed by atoms with Crippen LogP contribution < -0.4 is 10.2 Å². The van der Waals surface area contributed by atoms with E-state index in [1.807, 2.05) is 47.4 Å². The van der Waals surface area contributed by atoms with E-state index >= 15 is 0 Å². The van der Waals surface area contributed by atoms with Gasteiger partial charge in [0.05, 0.1) is 5.52 Å². The Bertz CT molecular complexity index is 1280. The van der Waals surface area contributed by atoms with Crippen LogP contribution in [0.4, 0.5) is 16.3 Å². The lowest BCUT2D eigenvalue weighted by Gasteiger charge is -2.36. The molecule has 1 N–H and O–H groups in total. The van der Waals surface area contributed by atoms with Crippen LogP contribution in [0.25, 0.3) is 22.3 Å². The van der Waals surface area contributed by atoms with Crippen molar-refractivity contribution in [2.24, 2.45) is 0 Å². The predicted octanol–water partition coefficient (Wildman–Crippen LogP) is 5.17. The maximum atomic E-state index is 12.8. The van der Waals surface area contributed by atoms with Crippen LogP contribution in [-0.4, -0.2) is 52.1 Å². The first-order chi connectivity index (χ1) is 16.6. The highest BCUT2D eigenvalue weighted by Crippen LogP contribution is 2.28. The van der Waals surface area contributed by atoms with Gasteiger partial charge in [-0.1, -0.05) is 38.1 Å². The van der Waals surface area contributed by atoms with Crippen LogP contribution >= 0.6 is 0 Å². The van der Waals surface area contributed by atoms with E-state index in [-0.39, 0.29) is 6.03 Å². The third kappa shape index (κ3) is 4.55. The van der Waals surface area contributed by atoms with Gasteiger partial charge in [0.1, 0.15) is 5.82 Å². The van der Waals surface area contributed by atoms with Gasteiger partial charge in [0.2, 0.25) is 0 Å². The van der Waals surface area contributed by atoms with Crippen molar-refractivity contribution in [2.75, 3.05) is 36.4 Å². The summed E-state index contributed by atoms with van der Waals surface area (Å²) in [7, 11) is 0. The normalized spacial score (nSPS) is 14.0. The molecule has 0 radical (unpaired) electrons. The van der Waals surface area contributed by atoms with Gasteiger partial charge in [-0.3, -0.25) is 4.98 Å². The lowest BCUT2D eigenvalue weighted by molar-refractivity contribution is 0.208. The van der Waals surface area contributed by atoms with E-state index in [9.17, 15) is 4.79 Å². The minimum Gasteiger partial charge on any atom is -0.352 e. The molecule has 0 unspecified atom stereocenters. The summed E-state index contributed by atoms with van der Waals surface area (Å²) in [5.74, 6) is 2.02. The van der Waals surface area contributed by atoms with Gasteiger partial charge in [0.25, 0.3) is 0 Å². The fraction of sp³-hybridized carbons (Fsp3) is 0.259. The summed E-state index contributed by atoms with van der Waals surface area (Å²) in [4.78, 5) is 30.8. The van der Waals surface area contributed by atoms with Gasteiger partial charge in [-0.15, -0.1) is 0 Å². The smallest absolute Gasteiger partial charge is 0.321 e. The highest BCUT2D eigenvalue weighted by atomic mass is 16.2. The van der Waals surface area contributed by atoms with Crippen LogP contribution in [-0.2, 0) is 0 Å². The summed E-state index contributed by atoms with van der Waals surface area (Å²) >= 11 is 0. The van der Waals surface area contributed by atoms with Crippen LogP contribution in [0, 0.1) is 0 Å². The van der Waals surface area contributed by atoms with Crippen molar-refractivity contribution in [1.29, 1.82) is 0 Å². The summed E-state index contributed by atoms with van der Waals surface area (Å²) in [6.07, 6.45) is 3.53. The summed E-state index contributed by atoms with van der Waals surface area (Å²) in [5.41, 5.74) is 3.86. The first-order valence-electron chi connectivity index (χ1n) is 11.7. The molecule has 1 aliphatic rings. The molecule has 34 heavy (non-hydrogen) atoms. The molecular formula is C27H28N6O. The Labute approximate surface area is 199 Å². The van der Waals surface area contributed by atoms with E-state index in [0.29, 0.717) is 37.9 Å². The number of nitrogens with one attached hydrogen (secondary N) is 1. The molecule has 7 heteroatoms. The van der Waals surface area contributed by atoms with Gasteiger partial charge >= 0.3 is 6.03 Å². The number of carbonyl (C=O) groups excluding carboxylic acids is 1. The maximum Gasteiger partial charge on any atom is 0.321 e. The summed E-state index contributed by atoms with van der Waals surface area (Å²) in [5, 5.41) is 4.04. The fourth-order valence-electron chi connectivity index (χ4n) is 4.20. The van der Waals surface area contributed by atoms with E-state index in [4.69, 9.17) is 9.97 Å². The third-order valence-electron chi connectivity index (χ3n) is 6.20. The van der Waals surface area contributed by atoms with Crippen LogP contribution in [0.5, 0.6) is 0 Å². The molecular weight excluding hydrogens is 424 g/mol. The number of rotatable bonds is 4. The van der Waals surface area contributed by atoms with E-state index in [1.165, 1.54) is 5.56 Å². The first kappa shape index (κ1) is 21.8. The number of piperazine rings is 1. The van der Waals surface area contributed by atoms with Gasteiger partial charge in [0, 0.05) is 55.2 Å². The molecule has 0 bridgehead atoms. The number of nitrogens with zero attached hydrogens (tertiary/aromatic N) is 5. The number of hydrogen-bond acceptors (Lipinski definition) is 5. The molecule has 0 saturated carbocycles. The minimum absolute atomic E-state index is 0.0689. The maximum absolute atomic E-state index is 12.8. The molecule has 1 fully saturated rings. The lowest BCUT2D eigenvalue weighted by Crippen LogP contribution is -2.50. The van der Waals surface area contributed by atoms with Crippen LogP contribution in [0.1, 0.15) is 25.3 Å². The molecule has 0 spiro atoms. The summed E-state index contributed by atoms with van der Waals surface area (Å²) < 4.78 is 0. The second-order valence-corrected chi connectivity index (χ2v) is 8.81. The summed E-state index contributed by atoms with van der Waals surface area (Å²) in [6.45, 7) is 6.97. The lowest BCUT2D eigenvalue weighted by atomic mass is 10.0. The van der Waals surface area contributed by atoms with Crippen LogP contribution in [0.15, 0.2) is 73.1 Å². The van der Waals surface area contributed by atoms with Crippen molar-refractivity contribution in [3.8, 4) is 11.4 Å². The molecule has 7 nitrogen and oxygen atoms in total. The largest absolute Gasteiger partial charge is 0.352 e. The standard InChI is InChI=1S/C27H28N6O/c1-19(2)20-9-11-22(12-10-20)29-27(34)33-16-14-32(15-17-33)26-23-7-3-4-8-24(23)30-25(31-26)21-6-5-13-28-18-21/h3-13,18-19H,14-17H2,1-2H3,(H,29,34). The molecule has 3 heterocycles. The molecule has 2 amide bonds. The molecule has 172 valence electrons. The fourth-order valence-corrected chi connectivity index (χ4v) is 4.20. The third-order valence-corrected chi connectivity index (χ3v) is 6.20. The average Bonchev–Trinajstić information content (AvgIpc) is 2.89. The number of fused-ring (bicyclic) bond motifs is 1. The van der Waals surface area contributed by atoms with E-state index in [2.05, 4.69) is 47.2 Å². The number of urea groups is 1. The Morgan fingerprint density at radius 2 is 1.68 bits per heavy atom. The van der Waals surface area contributed by atoms with Crippen molar-refractivity contribution in [3.63, 3.8) is 0 Å². The molecule has 1 saturated heterocycles. The van der Waals surface area contributed by atoms with Gasteiger partial charge < -0.3 is 15.1 Å². The van der Waals surface area contributed by atoms with E-state index < -0.39 is 0 Å². The topological polar surface area (TPSA) is 74.2 Å². The van der Waals surface area contributed by atoms with Crippen molar-refractivity contribution in [2.45, 2.75) is 19.8 Å². The Morgan fingerprint density at radius 1 is 0.912 bits per heavy atom. The molecule has 0 atom stereocenters. The first-order valence-corrected chi connectivity index (χ1v) is 11.7. The number of pyridine rings is 1. The second-order valence-electron chi connectivity index (χ2n) is 8.81. The SMILES string of the molecule is CC(C)c1ccc(NC(=O)N2CCN(c3nc(-c4cccnc4)nc4ccccc34)CC2)cc1. The monoisotopic (exact) mass is 452 g/mol. The van der Waals surface area contributed by atoms with Crippen molar-refractivity contribution in [3.05, 3.63) is 78.6 Å². The zero-order chi connectivity index (χ0) is 23.5. The van der Waals surface area contributed by atoms with E-state index in [0.717, 1.165) is 28.0 Å². The number of hydrogen-bond donors (Lipinski definition) is 1. The minimum atomic E-state index is -0.0689. The van der Waals surface area contributed by atoms with Crippen molar-refractivity contribution in [1.82, 2.24) is 19.9 Å². The van der Waals surface area contributed by atoms with Gasteiger partial charge in [-0.2, -0.15) is 0 Å². The summed E-state index contributed by atoms with van der Waals surface area (Å²) in [6, 6.07) is 19.9. The van der Waals surface area contributed by atoms with Gasteiger partial charge in [-0.05, 0) is 47.9 Å².